The van der Waals surface area contributed by atoms with Crippen LogP contribution in [0.15, 0.2) is 65.6 Å². The van der Waals surface area contributed by atoms with Crippen LogP contribution in [-0.2, 0) is 0 Å². The molecule has 0 fully saturated rings. The maximum Gasteiger partial charge on any atom is 0.0446 e. The van der Waals surface area contributed by atoms with Gasteiger partial charge in [0.05, 0.1) is 0 Å². The molecule has 0 saturated carbocycles. The third kappa shape index (κ3) is 4.62. The summed E-state index contributed by atoms with van der Waals surface area (Å²) < 4.78 is 0. The Hall–Kier alpha value is -1.25. The second-order valence-electron chi connectivity index (χ2n) is 5.59. The van der Waals surface area contributed by atoms with Crippen LogP contribution < -0.4 is 5.32 Å². The smallest absolute Gasteiger partial charge is 0.0446 e. The van der Waals surface area contributed by atoms with Crippen molar-refractivity contribution in [1.29, 1.82) is 0 Å². The lowest BCUT2D eigenvalue weighted by Gasteiger charge is -2.31. The van der Waals surface area contributed by atoms with Crippen molar-refractivity contribution < 1.29 is 0 Å². The zero-order valence-corrected chi connectivity index (χ0v) is 13.9. The molecule has 0 aliphatic carbocycles. The first-order chi connectivity index (χ1) is 10.2. The van der Waals surface area contributed by atoms with Crippen LogP contribution in [0.4, 0.5) is 0 Å². The first-order valence-corrected chi connectivity index (χ1v) is 8.60. The highest BCUT2D eigenvalue weighted by atomic mass is 32.2. The summed E-state index contributed by atoms with van der Waals surface area (Å²) in [6.45, 7) is 7.79. The van der Waals surface area contributed by atoms with E-state index >= 15 is 0 Å². The van der Waals surface area contributed by atoms with Gasteiger partial charge in [-0.15, -0.1) is 11.8 Å². The molecule has 0 amide bonds. The van der Waals surface area contributed by atoms with E-state index in [0.717, 1.165) is 6.54 Å². The maximum absolute atomic E-state index is 3.68. The van der Waals surface area contributed by atoms with Crippen molar-refractivity contribution in [2.45, 2.75) is 37.0 Å². The Labute approximate surface area is 133 Å². The van der Waals surface area contributed by atoms with Crippen molar-refractivity contribution in [3.05, 3.63) is 66.2 Å². The zero-order valence-electron chi connectivity index (χ0n) is 13.1. The molecule has 0 bridgehead atoms. The highest BCUT2D eigenvalue weighted by Crippen LogP contribution is 2.36. The van der Waals surface area contributed by atoms with Gasteiger partial charge in [-0.25, -0.2) is 0 Å². The summed E-state index contributed by atoms with van der Waals surface area (Å²) in [4.78, 5) is 1.34. The summed E-state index contributed by atoms with van der Waals surface area (Å²) in [5.74, 6) is 0.597. The van der Waals surface area contributed by atoms with Gasteiger partial charge in [-0.3, -0.25) is 0 Å². The Morgan fingerprint density at radius 2 is 1.48 bits per heavy atom. The van der Waals surface area contributed by atoms with Crippen LogP contribution in [0, 0.1) is 5.92 Å². The molecule has 0 aliphatic rings. The molecule has 0 heterocycles. The zero-order chi connectivity index (χ0) is 15.1. The highest BCUT2D eigenvalue weighted by molar-refractivity contribution is 8.00. The van der Waals surface area contributed by atoms with Crippen LogP contribution in [0.25, 0.3) is 0 Å². The molecule has 21 heavy (non-hydrogen) atoms. The van der Waals surface area contributed by atoms with Crippen molar-refractivity contribution in [2.24, 2.45) is 5.92 Å². The molecule has 2 atom stereocenters. The van der Waals surface area contributed by atoms with E-state index in [4.69, 9.17) is 0 Å². The molecular weight excluding hydrogens is 274 g/mol. The van der Waals surface area contributed by atoms with Crippen LogP contribution in [0.3, 0.4) is 0 Å². The third-order valence-corrected chi connectivity index (χ3v) is 5.22. The molecule has 0 saturated heterocycles. The Kier molecular flexibility index (Phi) is 6.34. The quantitative estimate of drug-likeness (QED) is 0.709. The molecule has 0 aromatic heterocycles. The van der Waals surface area contributed by atoms with Crippen LogP contribution in [0.5, 0.6) is 0 Å². The van der Waals surface area contributed by atoms with Gasteiger partial charge in [0.15, 0.2) is 0 Å². The van der Waals surface area contributed by atoms with Gasteiger partial charge < -0.3 is 5.32 Å². The SMILES string of the molecule is CCNC(c1ccccc1)C(Sc1ccccc1)C(C)C. The van der Waals surface area contributed by atoms with Crippen LogP contribution in [0.1, 0.15) is 32.4 Å². The minimum Gasteiger partial charge on any atom is -0.309 e. The summed E-state index contributed by atoms with van der Waals surface area (Å²) in [7, 11) is 0. The van der Waals surface area contributed by atoms with E-state index in [1.54, 1.807) is 0 Å². The van der Waals surface area contributed by atoms with Gasteiger partial charge in [0, 0.05) is 16.2 Å². The van der Waals surface area contributed by atoms with Crippen molar-refractivity contribution >= 4 is 11.8 Å². The van der Waals surface area contributed by atoms with E-state index in [1.165, 1.54) is 10.5 Å². The van der Waals surface area contributed by atoms with Gasteiger partial charge in [-0.1, -0.05) is 69.3 Å². The van der Waals surface area contributed by atoms with Crippen molar-refractivity contribution in [1.82, 2.24) is 5.32 Å². The normalized spacial score (nSPS) is 14.1. The number of thioether (sulfide) groups is 1. The van der Waals surface area contributed by atoms with Crippen molar-refractivity contribution in [3.8, 4) is 0 Å². The van der Waals surface area contributed by atoms with E-state index < -0.39 is 0 Å². The van der Waals surface area contributed by atoms with E-state index in [-0.39, 0.29) is 0 Å². The second kappa shape index (κ2) is 8.26. The topological polar surface area (TPSA) is 12.0 Å². The Balaban J connectivity index is 2.25. The minimum atomic E-state index is 0.376. The van der Waals surface area contributed by atoms with Crippen molar-refractivity contribution in [2.75, 3.05) is 6.54 Å². The lowest BCUT2D eigenvalue weighted by molar-refractivity contribution is 0.453. The Morgan fingerprint density at radius 1 is 0.905 bits per heavy atom. The summed E-state index contributed by atoms with van der Waals surface area (Å²) >= 11 is 1.98. The van der Waals surface area contributed by atoms with E-state index in [1.807, 2.05) is 11.8 Å². The Morgan fingerprint density at radius 3 is 2.00 bits per heavy atom. The summed E-state index contributed by atoms with van der Waals surface area (Å²) in [5.41, 5.74) is 1.38. The number of nitrogens with one attached hydrogen (secondary N) is 1. The molecule has 112 valence electrons. The predicted octanol–water partition coefficient (Wildman–Crippen LogP) is 5.15. The molecule has 2 aromatic carbocycles. The van der Waals surface area contributed by atoms with Gasteiger partial charge in [0.25, 0.3) is 0 Å². The maximum atomic E-state index is 3.68. The van der Waals surface area contributed by atoms with Gasteiger partial charge in [-0.2, -0.15) is 0 Å². The molecule has 2 rings (SSSR count). The molecule has 0 aliphatic heterocycles. The van der Waals surface area contributed by atoms with Crippen LogP contribution in [-0.4, -0.2) is 11.8 Å². The largest absolute Gasteiger partial charge is 0.309 e. The number of hydrogen-bond acceptors (Lipinski definition) is 2. The first-order valence-electron chi connectivity index (χ1n) is 7.72. The monoisotopic (exact) mass is 299 g/mol. The Bertz CT molecular complexity index is 510. The van der Waals surface area contributed by atoms with E-state index in [2.05, 4.69) is 86.8 Å². The highest BCUT2D eigenvalue weighted by Gasteiger charge is 2.26. The molecule has 0 radical (unpaired) electrons. The van der Waals surface area contributed by atoms with Gasteiger partial charge in [0.2, 0.25) is 0 Å². The average Bonchev–Trinajstić information content (AvgIpc) is 2.52. The number of hydrogen-bond donors (Lipinski definition) is 1. The molecular formula is C19H25NS. The standard InChI is InChI=1S/C19H25NS/c1-4-20-18(16-11-7-5-8-12-16)19(15(2)3)21-17-13-9-6-10-14-17/h5-15,18-20H,4H2,1-3H3. The average molecular weight is 299 g/mol. The van der Waals surface area contributed by atoms with Gasteiger partial charge in [-0.05, 0) is 30.2 Å². The van der Waals surface area contributed by atoms with E-state index in [0.29, 0.717) is 17.2 Å². The number of benzene rings is 2. The third-order valence-electron chi connectivity index (χ3n) is 3.58. The fourth-order valence-corrected chi connectivity index (χ4v) is 3.84. The molecule has 2 aromatic rings. The molecule has 0 spiro atoms. The molecule has 2 heteroatoms. The summed E-state index contributed by atoms with van der Waals surface area (Å²) in [5, 5.41) is 4.19. The lowest BCUT2D eigenvalue weighted by Crippen LogP contribution is -2.33. The summed E-state index contributed by atoms with van der Waals surface area (Å²) in [6, 6.07) is 21.9. The van der Waals surface area contributed by atoms with Crippen molar-refractivity contribution in [3.63, 3.8) is 0 Å². The molecule has 1 nitrogen and oxygen atoms in total. The second-order valence-corrected chi connectivity index (χ2v) is 6.84. The van der Waals surface area contributed by atoms with Crippen LogP contribution >= 0.6 is 11.8 Å². The van der Waals surface area contributed by atoms with Gasteiger partial charge in [0.1, 0.15) is 0 Å². The first kappa shape index (κ1) is 16.1. The minimum absolute atomic E-state index is 0.376. The number of rotatable bonds is 7. The van der Waals surface area contributed by atoms with E-state index in [9.17, 15) is 0 Å². The fraction of sp³-hybridized carbons (Fsp3) is 0.368. The fourth-order valence-electron chi connectivity index (χ4n) is 2.55. The molecule has 2 unspecified atom stereocenters. The lowest BCUT2D eigenvalue weighted by atomic mass is 9.96. The summed E-state index contributed by atoms with van der Waals surface area (Å²) in [6.07, 6.45) is 0. The predicted molar refractivity (Wildman–Crippen MR) is 93.8 cm³/mol. The van der Waals surface area contributed by atoms with Gasteiger partial charge >= 0.3 is 0 Å². The molecule has 1 N–H and O–H groups in total. The van der Waals surface area contributed by atoms with Crippen LogP contribution in [0.2, 0.25) is 0 Å².